The molecule has 0 fully saturated rings. The first-order valence-corrected chi connectivity index (χ1v) is 17.0. The van der Waals surface area contributed by atoms with Crippen LogP contribution in [0, 0.1) is 18.8 Å². The van der Waals surface area contributed by atoms with Crippen LogP contribution in [-0.2, 0) is 10.0 Å². The van der Waals surface area contributed by atoms with E-state index in [1.54, 1.807) is 28.9 Å². The van der Waals surface area contributed by atoms with Gasteiger partial charge in [0.25, 0.3) is 5.91 Å². The van der Waals surface area contributed by atoms with E-state index in [2.05, 4.69) is 25.5 Å². The van der Waals surface area contributed by atoms with Gasteiger partial charge in [-0.05, 0) is 55.7 Å². The van der Waals surface area contributed by atoms with Crippen molar-refractivity contribution in [3.63, 3.8) is 0 Å². The van der Waals surface area contributed by atoms with Crippen molar-refractivity contribution in [2.24, 2.45) is 11.8 Å². The molecule has 0 saturated carbocycles. The average Bonchev–Trinajstić information content (AvgIpc) is 3.41. The Balaban J connectivity index is 1.66. The lowest BCUT2D eigenvalue weighted by molar-refractivity contribution is 0.0783. The van der Waals surface area contributed by atoms with E-state index in [1.165, 1.54) is 0 Å². The molecule has 1 heterocycles. The van der Waals surface area contributed by atoms with Gasteiger partial charge in [-0.1, -0.05) is 112 Å². The molecule has 43 heavy (non-hydrogen) atoms. The second-order valence-electron chi connectivity index (χ2n) is 12.3. The first kappa shape index (κ1) is 30.9. The molecule has 0 unspecified atom stereocenters. The summed E-state index contributed by atoms with van der Waals surface area (Å²) >= 11 is 0. The summed E-state index contributed by atoms with van der Waals surface area (Å²) in [7, 11) is -3.93. The molecule has 5 rings (SSSR count). The van der Waals surface area contributed by atoms with Crippen molar-refractivity contribution < 1.29 is 13.2 Å². The maximum atomic E-state index is 14.9. The zero-order valence-electron chi connectivity index (χ0n) is 25.8. The second kappa shape index (κ2) is 13.0. The Morgan fingerprint density at radius 1 is 0.953 bits per heavy atom. The topological polar surface area (TPSA) is 81.1 Å². The fourth-order valence-corrected chi connectivity index (χ4v) is 7.76. The summed E-state index contributed by atoms with van der Waals surface area (Å²) in [6, 6.07) is 25.5. The molecule has 0 spiro atoms. The van der Waals surface area contributed by atoms with E-state index in [4.69, 9.17) is 5.10 Å². The summed E-state index contributed by atoms with van der Waals surface area (Å²) in [5.74, 6) is 0.0429. The summed E-state index contributed by atoms with van der Waals surface area (Å²) in [5.41, 5.74) is 5.67. The molecule has 7 heteroatoms. The predicted molar refractivity (Wildman–Crippen MR) is 173 cm³/mol. The SMILES string of the molecule is CCC[C@H](C(=O)n1nc2c(c1-c1ccccc1)[C@H](C)CC[C@H]2C(C)C)[C@H](NS(=O)(=O)c1ccc(C)cc1)c1ccccc1. The molecule has 1 aliphatic carbocycles. The molecule has 3 aromatic carbocycles. The maximum Gasteiger partial charge on any atom is 0.252 e. The normalized spacial score (nSPS) is 18.3. The number of sulfonamides is 1. The molecular formula is C36H43N3O3S. The fraction of sp³-hybridized carbons (Fsp3) is 0.389. The minimum Gasteiger partial charge on any atom is -0.272 e. The molecule has 0 saturated heterocycles. The van der Waals surface area contributed by atoms with Gasteiger partial charge in [0.1, 0.15) is 0 Å². The lowest BCUT2D eigenvalue weighted by atomic mass is 9.75. The average molecular weight is 598 g/mol. The highest BCUT2D eigenvalue weighted by Gasteiger charge is 2.39. The zero-order valence-corrected chi connectivity index (χ0v) is 26.6. The Morgan fingerprint density at radius 3 is 2.19 bits per heavy atom. The van der Waals surface area contributed by atoms with E-state index >= 15 is 0 Å². The van der Waals surface area contributed by atoms with Gasteiger partial charge in [-0.3, -0.25) is 4.79 Å². The van der Waals surface area contributed by atoms with E-state index < -0.39 is 22.0 Å². The molecule has 1 aliphatic rings. The van der Waals surface area contributed by atoms with Crippen molar-refractivity contribution in [1.82, 2.24) is 14.5 Å². The second-order valence-corrected chi connectivity index (χ2v) is 14.0. The van der Waals surface area contributed by atoms with Crippen molar-refractivity contribution in [1.29, 1.82) is 0 Å². The number of aryl methyl sites for hydroxylation is 1. The van der Waals surface area contributed by atoms with Crippen LogP contribution in [-0.4, -0.2) is 24.1 Å². The number of nitrogens with zero attached hydrogens (tertiary/aromatic N) is 2. The van der Waals surface area contributed by atoms with Crippen LogP contribution in [0.2, 0.25) is 0 Å². The number of carbonyl (C=O) groups excluding carboxylic acids is 1. The standard InChI is InChI=1S/C36H43N3O3S/c1-6-13-31(33(27-14-9-7-10-15-27)38-43(41,42)29-21-18-25(4)19-22-29)36(40)39-35(28-16-11-8-12-17-28)32-26(5)20-23-30(24(2)3)34(32)37-39/h7-12,14-19,21-22,24,26,30-31,33,38H,6,13,20,23H2,1-5H3/t26-,30+,31+,33-/m1/s1. The number of hydrogen-bond acceptors (Lipinski definition) is 4. The van der Waals surface area contributed by atoms with Crippen molar-refractivity contribution in [3.05, 3.63) is 107 Å². The zero-order chi connectivity index (χ0) is 30.7. The van der Waals surface area contributed by atoms with Gasteiger partial charge < -0.3 is 0 Å². The Kier molecular flexibility index (Phi) is 9.33. The van der Waals surface area contributed by atoms with Crippen molar-refractivity contribution in [3.8, 4) is 11.3 Å². The summed E-state index contributed by atoms with van der Waals surface area (Å²) in [6.07, 6.45) is 3.28. The van der Waals surface area contributed by atoms with Gasteiger partial charge in [0.15, 0.2) is 0 Å². The van der Waals surface area contributed by atoms with Crippen LogP contribution in [0.5, 0.6) is 0 Å². The number of nitrogens with one attached hydrogen (secondary N) is 1. The van der Waals surface area contributed by atoms with Gasteiger partial charge in [-0.15, -0.1) is 0 Å². The molecule has 4 atom stereocenters. The van der Waals surface area contributed by atoms with E-state index in [-0.39, 0.29) is 22.6 Å². The Hall–Kier alpha value is -3.55. The van der Waals surface area contributed by atoms with Crippen LogP contribution in [0.1, 0.15) is 98.4 Å². The minimum absolute atomic E-state index is 0.176. The molecular weight excluding hydrogens is 554 g/mol. The molecule has 1 N–H and O–H groups in total. The third-order valence-corrected chi connectivity index (χ3v) is 10.3. The van der Waals surface area contributed by atoms with Crippen LogP contribution in [0.15, 0.2) is 89.8 Å². The Labute approximate surface area is 256 Å². The third-order valence-electron chi connectivity index (χ3n) is 8.86. The van der Waals surface area contributed by atoms with E-state index in [0.717, 1.165) is 46.5 Å². The number of aromatic nitrogens is 2. The molecule has 1 aromatic heterocycles. The fourth-order valence-electron chi connectivity index (χ4n) is 6.50. The van der Waals surface area contributed by atoms with Crippen molar-refractivity contribution in [2.75, 3.05) is 0 Å². The quantitative estimate of drug-likeness (QED) is 0.199. The number of carbonyl (C=O) groups is 1. The van der Waals surface area contributed by atoms with E-state index in [9.17, 15) is 13.2 Å². The van der Waals surface area contributed by atoms with E-state index in [1.807, 2.05) is 74.5 Å². The third kappa shape index (κ3) is 6.38. The van der Waals surface area contributed by atoms with Gasteiger partial charge in [0.2, 0.25) is 10.0 Å². The first-order chi connectivity index (χ1) is 20.6. The number of benzene rings is 3. The first-order valence-electron chi connectivity index (χ1n) is 15.5. The van der Waals surface area contributed by atoms with Crippen LogP contribution < -0.4 is 4.72 Å². The number of rotatable bonds is 10. The van der Waals surface area contributed by atoms with E-state index in [0.29, 0.717) is 18.8 Å². The summed E-state index contributed by atoms with van der Waals surface area (Å²) in [5, 5.41) is 5.11. The lowest BCUT2D eigenvalue weighted by Gasteiger charge is -2.29. The number of hydrogen-bond donors (Lipinski definition) is 1. The highest BCUT2D eigenvalue weighted by molar-refractivity contribution is 7.89. The van der Waals surface area contributed by atoms with Crippen LogP contribution in [0.25, 0.3) is 11.3 Å². The van der Waals surface area contributed by atoms with Gasteiger partial charge in [-0.2, -0.15) is 9.78 Å². The molecule has 226 valence electrons. The molecule has 0 bridgehead atoms. The van der Waals surface area contributed by atoms with Gasteiger partial charge in [-0.25, -0.2) is 13.1 Å². The largest absolute Gasteiger partial charge is 0.272 e. The van der Waals surface area contributed by atoms with Crippen molar-refractivity contribution >= 4 is 15.9 Å². The van der Waals surface area contributed by atoms with Gasteiger partial charge in [0, 0.05) is 17.0 Å². The van der Waals surface area contributed by atoms with Crippen LogP contribution >= 0.6 is 0 Å². The minimum atomic E-state index is -3.93. The van der Waals surface area contributed by atoms with Gasteiger partial charge in [0.05, 0.1) is 28.2 Å². The van der Waals surface area contributed by atoms with Crippen LogP contribution in [0.4, 0.5) is 0 Å². The summed E-state index contributed by atoms with van der Waals surface area (Å²) in [6.45, 7) is 10.6. The highest BCUT2D eigenvalue weighted by Crippen LogP contribution is 2.46. The summed E-state index contributed by atoms with van der Waals surface area (Å²) < 4.78 is 32.1. The number of fused-ring (bicyclic) bond motifs is 1. The molecule has 0 radical (unpaired) electrons. The molecule has 0 aliphatic heterocycles. The molecule has 4 aromatic rings. The monoisotopic (exact) mass is 597 g/mol. The summed E-state index contributed by atoms with van der Waals surface area (Å²) in [4.78, 5) is 15.1. The van der Waals surface area contributed by atoms with Crippen molar-refractivity contribution in [2.45, 2.75) is 83.1 Å². The highest BCUT2D eigenvalue weighted by atomic mass is 32.2. The molecule has 0 amide bonds. The van der Waals surface area contributed by atoms with Crippen LogP contribution in [0.3, 0.4) is 0 Å². The lowest BCUT2D eigenvalue weighted by Crippen LogP contribution is -2.39. The smallest absolute Gasteiger partial charge is 0.252 e. The molecule has 6 nitrogen and oxygen atoms in total. The predicted octanol–water partition coefficient (Wildman–Crippen LogP) is 8.27. The Bertz CT molecular complexity index is 1650. The maximum absolute atomic E-state index is 14.9. The van der Waals surface area contributed by atoms with Gasteiger partial charge >= 0.3 is 0 Å². The Morgan fingerprint density at radius 2 is 1.58 bits per heavy atom.